The van der Waals surface area contributed by atoms with Gasteiger partial charge in [-0.05, 0) is 13.8 Å². The average molecular weight is 160 g/mol. The van der Waals surface area contributed by atoms with Crippen LogP contribution in [0.15, 0.2) is 12.2 Å². The molecule has 0 fully saturated rings. The van der Waals surface area contributed by atoms with Crippen molar-refractivity contribution < 1.29 is 17.0 Å². The van der Waals surface area contributed by atoms with Gasteiger partial charge in [0.25, 0.3) is 0 Å². The predicted octanol–water partition coefficient (Wildman–Crippen LogP) is -1.79. The molecule has 0 rings (SSSR count). The van der Waals surface area contributed by atoms with Crippen LogP contribution in [-0.2, 0) is 0 Å². The zero-order valence-electron chi connectivity index (χ0n) is 4.24. The van der Waals surface area contributed by atoms with Crippen LogP contribution in [0.2, 0.25) is 0 Å². The summed E-state index contributed by atoms with van der Waals surface area (Å²) in [7, 11) is 0. The second-order valence-electron chi connectivity index (χ2n) is 0.667. The quantitative estimate of drug-likeness (QED) is 0.290. The minimum Gasteiger partial charge on any atom is -1.00 e. The summed E-state index contributed by atoms with van der Waals surface area (Å²) in [6.07, 6.45) is 4.00. The zero-order chi connectivity index (χ0) is 3.41. The summed E-state index contributed by atoms with van der Waals surface area (Å²) >= 11 is 0. The van der Waals surface area contributed by atoms with Gasteiger partial charge in [-0.15, -0.1) is 0 Å². The fourth-order valence-electron chi connectivity index (χ4n) is 0. The molecule has 0 aliphatic carbocycles. The Labute approximate surface area is 65.9 Å². The molecule has 0 saturated carbocycles. The summed E-state index contributed by atoms with van der Waals surface area (Å²) in [6, 6.07) is 0. The Hall–Kier alpha value is 0.986. The third-order valence-corrected chi connectivity index (χ3v) is 0.333. The van der Waals surface area contributed by atoms with Gasteiger partial charge in [-0.2, -0.15) is 0 Å². The van der Waals surface area contributed by atoms with Crippen molar-refractivity contribution in [2.24, 2.45) is 0 Å². The van der Waals surface area contributed by atoms with Crippen molar-refractivity contribution in [2.45, 2.75) is 13.8 Å². The molecule has 32 valence electrons. The second-order valence-corrected chi connectivity index (χ2v) is 0.667. The van der Waals surface area contributed by atoms with Crippen LogP contribution in [0.25, 0.3) is 0 Å². The maximum Gasteiger partial charge on any atom is 2.00 e. The molecule has 0 aromatic carbocycles. The first-order chi connectivity index (χ1) is 1.91. The van der Waals surface area contributed by atoms with Crippen molar-refractivity contribution in [1.29, 1.82) is 0 Å². The first kappa shape index (κ1) is 15.8. The molecule has 0 atom stereocenters. The summed E-state index contributed by atoms with van der Waals surface area (Å²) in [5.74, 6) is 0. The Kier molecular flexibility index (Phi) is 43.8. The third kappa shape index (κ3) is 20.1. The van der Waals surface area contributed by atoms with Gasteiger partial charge in [-0.3, -0.25) is 0 Å². The van der Waals surface area contributed by atoms with Crippen LogP contribution >= 0.6 is 0 Å². The maximum absolute atomic E-state index is 2.00. The molecule has 0 amide bonds. The predicted molar refractivity (Wildman–Crippen MR) is 26.2 cm³/mol. The fourth-order valence-corrected chi connectivity index (χ4v) is 0. The van der Waals surface area contributed by atoms with Crippen molar-refractivity contribution in [3.05, 3.63) is 12.2 Å². The van der Waals surface area contributed by atoms with Gasteiger partial charge in [0.05, 0.1) is 0 Å². The molecule has 0 aromatic heterocycles. The van der Waals surface area contributed by atoms with E-state index in [1.54, 1.807) is 0 Å². The van der Waals surface area contributed by atoms with Crippen molar-refractivity contribution in [3.63, 3.8) is 0 Å². The molecule has 0 saturated heterocycles. The Morgan fingerprint density at radius 1 is 1.00 bits per heavy atom. The van der Waals surface area contributed by atoms with Crippen LogP contribution in [0.3, 0.4) is 0 Å². The molecular weight excluding hydrogens is 152 g/mol. The smallest absolute Gasteiger partial charge is 1.00 e. The van der Waals surface area contributed by atoms with E-state index in [0.29, 0.717) is 0 Å². The number of rotatable bonds is 0. The first-order valence-electron chi connectivity index (χ1n) is 1.49. The molecule has 0 aromatic rings. The normalized spacial score (nSPS) is 6.33. The molecule has 0 aliphatic heterocycles. The number of allylic oxidation sites excluding steroid dienone is 2. The topological polar surface area (TPSA) is 0 Å². The van der Waals surface area contributed by atoms with Gasteiger partial charge in [0.1, 0.15) is 0 Å². The molecular formula is C4H8BrMg+. The Balaban J connectivity index is -0.0000000450. The molecule has 2 heteroatoms. The molecule has 0 N–H and O–H groups in total. The molecule has 0 bridgehead atoms. The largest absolute Gasteiger partial charge is 2.00 e. The Morgan fingerprint density at radius 3 is 1.17 bits per heavy atom. The molecule has 0 radical (unpaired) electrons. The van der Waals surface area contributed by atoms with Crippen molar-refractivity contribution >= 4 is 23.1 Å². The van der Waals surface area contributed by atoms with E-state index in [1.165, 1.54) is 0 Å². The van der Waals surface area contributed by atoms with Gasteiger partial charge in [-0.25, -0.2) is 0 Å². The van der Waals surface area contributed by atoms with Gasteiger partial charge in [-0.1, -0.05) is 12.2 Å². The summed E-state index contributed by atoms with van der Waals surface area (Å²) in [5.41, 5.74) is 0. The number of hydrogen-bond acceptors (Lipinski definition) is 0. The second kappa shape index (κ2) is 16.7. The fraction of sp³-hybridized carbons (Fsp3) is 0.500. The van der Waals surface area contributed by atoms with E-state index in [1.807, 2.05) is 26.0 Å². The van der Waals surface area contributed by atoms with Gasteiger partial charge >= 0.3 is 23.1 Å². The van der Waals surface area contributed by atoms with Crippen LogP contribution in [-0.4, -0.2) is 23.1 Å². The van der Waals surface area contributed by atoms with Crippen LogP contribution in [0.5, 0.6) is 0 Å². The van der Waals surface area contributed by atoms with Crippen LogP contribution < -0.4 is 17.0 Å². The third-order valence-electron chi connectivity index (χ3n) is 0.333. The maximum atomic E-state index is 2.00. The van der Waals surface area contributed by atoms with Gasteiger partial charge in [0.2, 0.25) is 0 Å². The van der Waals surface area contributed by atoms with Gasteiger partial charge in [0.15, 0.2) is 0 Å². The Bertz CT molecular complexity index is 22.7. The van der Waals surface area contributed by atoms with Crippen molar-refractivity contribution in [3.8, 4) is 0 Å². The molecule has 0 nitrogen and oxygen atoms in total. The van der Waals surface area contributed by atoms with E-state index in [4.69, 9.17) is 0 Å². The molecule has 0 unspecified atom stereocenters. The van der Waals surface area contributed by atoms with E-state index in [2.05, 4.69) is 0 Å². The minimum atomic E-state index is 0. The average Bonchev–Trinajstić information content (AvgIpc) is 1.37. The minimum absolute atomic E-state index is 0. The summed E-state index contributed by atoms with van der Waals surface area (Å²) < 4.78 is 0. The summed E-state index contributed by atoms with van der Waals surface area (Å²) in [6.45, 7) is 4.00. The number of hydrogen-bond donors (Lipinski definition) is 0. The van der Waals surface area contributed by atoms with Crippen molar-refractivity contribution in [1.82, 2.24) is 0 Å². The molecule has 0 aliphatic rings. The summed E-state index contributed by atoms with van der Waals surface area (Å²) in [5, 5.41) is 0. The van der Waals surface area contributed by atoms with Crippen LogP contribution in [0, 0.1) is 0 Å². The molecule has 0 spiro atoms. The Morgan fingerprint density at radius 2 is 1.17 bits per heavy atom. The van der Waals surface area contributed by atoms with E-state index >= 15 is 0 Å². The van der Waals surface area contributed by atoms with E-state index < -0.39 is 0 Å². The van der Waals surface area contributed by atoms with E-state index in [-0.39, 0.29) is 40.0 Å². The van der Waals surface area contributed by atoms with Gasteiger partial charge < -0.3 is 17.0 Å². The van der Waals surface area contributed by atoms with Crippen molar-refractivity contribution in [2.75, 3.05) is 0 Å². The molecule has 0 heterocycles. The number of halogens is 1. The SMILES string of the molecule is C/C=C/C.[Br-].[Mg+2]. The van der Waals surface area contributed by atoms with E-state index in [9.17, 15) is 0 Å². The molecule has 6 heavy (non-hydrogen) atoms. The van der Waals surface area contributed by atoms with Crippen LogP contribution in [0.1, 0.15) is 13.8 Å². The van der Waals surface area contributed by atoms with Gasteiger partial charge in [0, 0.05) is 0 Å². The first-order valence-corrected chi connectivity index (χ1v) is 1.49. The zero-order valence-corrected chi connectivity index (χ0v) is 7.24. The van der Waals surface area contributed by atoms with Crippen LogP contribution in [0.4, 0.5) is 0 Å². The standard InChI is InChI=1S/C4H8.BrH.Mg/c1-3-4-2;;/h3-4H,1-2H3;1H;/q;;+2/p-1/b4-3+;;. The monoisotopic (exact) mass is 159 g/mol. The van der Waals surface area contributed by atoms with E-state index in [0.717, 1.165) is 0 Å². The summed E-state index contributed by atoms with van der Waals surface area (Å²) in [4.78, 5) is 0.